The third-order valence-corrected chi connectivity index (χ3v) is 4.87. The van der Waals surface area contributed by atoms with Gasteiger partial charge in [0.1, 0.15) is 0 Å². The summed E-state index contributed by atoms with van der Waals surface area (Å²) in [4.78, 5) is 2.43. The minimum absolute atomic E-state index is 0.468. The second-order valence-electron chi connectivity index (χ2n) is 5.75. The lowest BCUT2D eigenvalue weighted by Gasteiger charge is -2.27. The average molecular weight is 258 g/mol. The van der Waals surface area contributed by atoms with Crippen LogP contribution in [0.25, 0.3) is 10.9 Å². The van der Waals surface area contributed by atoms with E-state index in [1.165, 1.54) is 19.3 Å². The van der Waals surface area contributed by atoms with Crippen molar-refractivity contribution in [3.05, 3.63) is 18.3 Å². The fourth-order valence-corrected chi connectivity index (χ4v) is 3.24. The second kappa shape index (κ2) is 4.44. The molecule has 3 rings (SSSR count). The molecular weight excluding hydrogens is 236 g/mol. The summed E-state index contributed by atoms with van der Waals surface area (Å²) in [6.45, 7) is 6.82. The van der Waals surface area contributed by atoms with Crippen molar-refractivity contribution in [1.29, 1.82) is 0 Å². The van der Waals surface area contributed by atoms with Crippen molar-refractivity contribution in [1.82, 2.24) is 10.2 Å². The number of aromatic nitrogens is 2. The molecule has 0 aliphatic carbocycles. The summed E-state index contributed by atoms with van der Waals surface area (Å²) in [5.41, 5.74) is 9.76. The standard InChI is InChI=1S/C15H22N4/c1-3-15(4-2)5-6-19(10-15)14-8-13-11(7-12(14)16)9-17-18-13/h7-9H,3-6,10,16H2,1-2H3,(H,17,18). The van der Waals surface area contributed by atoms with Crippen molar-refractivity contribution in [2.45, 2.75) is 33.1 Å². The van der Waals surface area contributed by atoms with E-state index in [0.29, 0.717) is 5.41 Å². The minimum atomic E-state index is 0.468. The number of nitrogens with two attached hydrogens (primary N) is 1. The molecule has 4 heteroatoms. The first-order chi connectivity index (χ1) is 9.17. The molecule has 1 aromatic carbocycles. The second-order valence-corrected chi connectivity index (χ2v) is 5.75. The molecule has 1 aliphatic heterocycles. The van der Waals surface area contributed by atoms with Crippen molar-refractivity contribution in [2.75, 3.05) is 23.7 Å². The Morgan fingerprint density at radius 2 is 2.16 bits per heavy atom. The van der Waals surface area contributed by atoms with Crippen LogP contribution in [0, 0.1) is 5.41 Å². The highest BCUT2D eigenvalue weighted by molar-refractivity contribution is 5.89. The first-order valence-corrected chi connectivity index (χ1v) is 7.15. The summed E-state index contributed by atoms with van der Waals surface area (Å²) in [6.07, 6.45) is 5.57. The number of aromatic amines is 1. The Balaban J connectivity index is 1.94. The first kappa shape index (κ1) is 12.3. The highest BCUT2D eigenvalue weighted by Crippen LogP contribution is 2.41. The van der Waals surface area contributed by atoms with Crippen molar-refractivity contribution in [3.8, 4) is 0 Å². The van der Waals surface area contributed by atoms with E-state index in [4.69, 9.17) is 5.73 Å². The molecule has 0 saturated carbocycles. The molecule has 0 radical (unpaired) electrons. The molecule has 0 spiro atoms. The summed E-state index contributed by atoms with van der Waals surface area (Å²) >= 11 is 0. The van der Waals surface area contributed by atoms with Crippen LogP contribution in [-0.2, 0) is 0 Å². The summed E-state index contributed by atoms with van der Waals surface area (Å²) in [5.74, 6) is 0. The number of benzene rings is 1. The van der Waals surface area contributed by atoms with E-state index in [2.05, 4.69) is 35.0 Å². The molecule has 4 nitrogen and oxygen atoms in total. The summed E-state index contributed by atoms with van der Waals surface area (Å²) in [6, 6.07) is 4.16. The third-order valence-electron chi connectivity index (χ3n) is 4.87. The number of H-pyrrole nitrogens is 1. The van der Waals surface area contributed by atoms with Gasteiger partial charge in [-0.05, 0) is 36.8 Å². The fraction of sp³-hybridized carbons (Fsp3) is 0.533. The van der Waals surface area contributed by atoms with Gasteiger partial charge in [0.05, 0.1) is 23.1 Å². The van der Waals surface area contributed by atoms with Gasteiger partial charge in [-0.3, -0.25) is 5.10 Å². The highest BCUT2D eigenvalue weighted by Gasteiger charge is 2.35. The van der Waals surface area contributed by atoms with Crippen LogP contribution in [0.3, 0.4) is 0 Å². The van der Waals surface area contributed by atoms with E-state index in [1.54, 1.807) is 0 Å². The van der Waals surface area contributed by atoms with Gasteiger partial charge in [0.25, 0.3) is 0 Å². The molecule has 0 unspecified atom stereocenters. The van der Waals surface area contributed by atoms with Gasteiger partial charge in [0.15, 0.2) is 0 Å². The number of nitrogen functional groups attached to an aromatic ring is 1. The van der Waals surface area contributed by atoms with E-state index in [1.807, 2.05) is 12.3 Å². The van der Waals surface area contributed by atoms with Crippen LogP contribution < -0.4 is 10.6 Å². The molecule has 0 bridgehead atoms. The maximum atomic E-state index is 6.21. The molecule has 2 heterocycles. The Labute approximate surface area is 114 Å². The predicted molar refractivity (Wildman–Crippen MR) is 80.4 cm³/mol. The van der Waals surface area contributed by atoms with Crippen LogP contribution in [0.4, 0.5) is 11.4 Å². The van der Waals surface area contributed by atoms with Gasteiger partial charge in [-0.2, -0.15) is 5.10 Å². The molecule has 1 saturated heterocycles. The molecule has 3 N–H and O–H groups in total. The van der Waals surface area contributed by atoms with E-state index in [0.717, 1.165) is 35.4 Å². The number of nitrogens with zero attached hydrogens (tertiary/aromatic N) is 2. The largest absolute Gasteiger partial charge is 0.397 e. The Bertz CT molecular complexity index is 583. The predicted octanol–water partition coefficient (Wildman–Crippen LogP) is 3.16. The van der Waals surface area contributed by atoms with Crippen LogP contribution >= 0.6 is 0 Å². The molecule has 102 valence electrons. The SMILES string of the molecule is CCC1(CC)CCN(c2cc3[nH]ncc3cc2N)C1. The maximum Gasteiger partial charge on any atom is 0.0672 e. The fourth-order valence-electron chi connectivity index (χ4n) is 3.24. The van der Waals surface area contributed by atoms with Crippen LogP contribution in [0.5, 0.6) is 0 Å². The lowest BCUT2D eigenvalue weighted by atomic mass is 9.82. The van der Waals surface area contributed by atoms with Gasteiger partial charge in [-0.1, -0.05) is 13.8 Å². The Kier molecular flexibility index (Phi) is 2.88. The smallest absolute Gasteiger partial charge is 0.0672 e. The number of fused-ring (bicyclic) bond motifs is 1. The molecule has 0 amide bonds. The third kappa shape index (κ3) is 1.95. The Morgan fingerprint density at radius 1 is 1.37 bits per heavy atom. The zero-order valence-electron chi connectivity index (χ0n) is 11.7. The van der Waals surface area contributed by atoms with Gasteiger partial charge >= 0.3 is 0 Å². The van der Waals surface area contributed by atoms with Crippen molar-refractivity contribution in [2.24, 2.45) is 5.41 Å². The van der Waals surface area contributed by atoms with Gasteiger partial charge in [0, 0.05) is 18.5 Å². The van der Waals surface area contributed by atoms with Gasteiger partial charge < -0.3 is 10.6 Å². The topological polar surface area (TPSA) is 57.9 Å². The zero-order valence-corrected chi connectivity index (χ0v) is 11.7. The lowest BCUT2D eigenvalue weighted by Crippen LogP contribution is -2.26. The molecule has 1 aromatic heterocycles. The number of hydrogen-bond acceptors (Lipinski definition) is 3. The lowest BCUT2D eigenvalue weighted by molar-refractivity contribution is 0.301. The number of hydrogen-bond donors (Lipinski definition) is 2. The average Bonchev–Trinajstić information content (AvgIpc) is 3.03. The van der Waals surface area contributed by atoms with Crippen LogP contribution in [0.2, 0.25) is 0 Å². The molecule has 19 heavy (non-hydrogen) atoms. The van der Waals surface area contributed by atoms with E-state index in [9.17, 15) is 0 Å². The molecule has 1 fully saturated rings. The minimum Gasteiger partial charge on any atom is -0.397 e. The van der Waals surface area contributed by atoms with Gasteiger partial charge in [-0.15, -0.1) is 0 Å². The number of nitrogens with one attached hydrogen (secondary N) is 1. The van der Waals surface area contributed by atoms with Crippen LogP contribution in [0.1, 0.15) is 33.1 Å². The van der Waals surface area contributed by atoms with Gasteiger partial charge in [-0.25, -0.2) is 0 Å². The van der Waals surface area contributed by atoms with Crippen LogP contribution in [0.15, 0.2) is 18.3 Å². The van der Waals surface area contributed by atoms with Gasteiger partial charge in [0.2, 0.25) is 0 Å². The Morgan fingerprint density at radius 3 is 2.84 bits per heavy atom. The number of rotatable bonds is 3. The van der Waals surface area contributed by atoms with Crippen molar-refractivity contribution >= 4 is 22.3 Å². The molecule has 0 atom stereocenters. The van der Waals surface area contributed by atoms with Crippen molar-refractivity contribution < 1.29 is 0 Å². The monoisotopic (exact) mass is 258 g/mol. The zero-order chi connectivity index (χ0) is 13.5. The maximum absolute atomic E-state index is 6.21. The van der Waals surface area contributed by atoms with E-state index < -0.39 is 0 Å². The first-order valence-electron chi connectivity index (χ1n) is 7.15. The van der Waals surface area contributed by atoms with Crippen molar-refractivity contribution in [3.63, 3.8) is 0 Å². The van der Waals surface area contributed by atoms with Crippen LogP contribution in [-0.4, -0.2) is 23.3 Å². The normalized spacial score (nSPS) is 18.3. The quantitative estimate of drug-likeness (QED) is 0.831. The number of anilines is 2. The highest BCUT2D eigenvalue weighted by atomic mass is 15.2. The summed E-state index contributed by atoms with van der Waals surface area (Å²) in [7, 11) is 0. The summed E-state index contributed by atoms with van der Waals surface area (Å²) in [5, 5.41) is 8.18. The molecule has 2 aromatic rings. The van der Waals surface area contributed by atoms with E-state index in [-0.39, 0.29) is 0 Å². The summed E-state index contributed by atoms with van der Waals surface area (Å²) < 4.78 is 0. The molecule has 1 aliphatic rings. The molecular formula is C15H22N4. The Hall–Kier alpha value is -1.71. The van der Waals surface area contributed by atoms with E-state index >= 15 is 0 Å².